The molecule has 2 heterocycles. The van der Waals surface area contributed by atoms with Crippen LogP contribution in [0.1, 0.15) is 18.3 Å². The first kappa shape index (κ1) is 17.6. The van der Waals surface area contributed by atoms with Gasteiger partial charge in [0.25, 0.3) is 0 Å². The highest BCUT2D eigenvalue weighted by atomic mass is 35.5. The van der Waals surface area contributed by atoms with Crippen LogP contribution in [0.4, 0.5) is 0 Å². The molecular formula is C21H20ClN3O2. The van der Waals surface area contributed by atoms with Gasteiger partial charge in [-0.05, 0) is 42.0 Å². The number of nitrogens with zero attached hydrogens (tertiary/aromatic N) is 3. The lowest BCUT2D eigenvalue weighted by Crippen LogP contribution is -2.29. The van der Waals surface area contributed by atoms with Gasteiger partial charge in [-0.1, -0.05) is 36.7 Å². The highest BCUT2D eigenvalue weighted by molar-refractivity contribution is 6.30. The number of ether oxygens (including phenoxy) is 2. The zero-order valence-corrected chi connectivity index (χ0v) is 16.2. The molecule has 4 rings (SSSR count). The van der Waals surface area contributed by atoms with Gasteiger partial charge >= 0.3 is 0 Å². The van der Waals surface area contributed by atoms with Crippen molar-refractivity contribution < 1.29 is 9.47 Å². The first-order valence-corrected chi connectivity index (χ1v) is 9.03. The normalized spacial score (nSPS) is 18.2. The number of hydrogen-bond donors (Lipinski definition) is 0. The predicted octanol–water partition coefficient (Wildman–Crippen LogP) is 4.60. The van der Waals surface area contributed by atoms with E-state index in [4.69, 9.17) is 21.1 Å². The Morgan fingerprint density at radius 1 is 1.04 bits per heavy atom. The van der Waals surface area contributed by atoms with Gasteiger partial charge in [-0.15, -0.1) is 10.2 Å². The minimum atomic E-state index is -0.184. The highest BCUT2D eigenvalue weighted by Crippen LogP contribution is 2.37. The third-order valence-corrected chi connectivity index (χ3v) is 5.26. The van der Waals surface area contributed by atoms with Crippen LogP contribution < -0.4 is 9.47 Å². The first-order valence-electron chi connectivity index (χ1n) is 8.65. The highest BCUT2D eigenvalue weighted by Gasteiger charge is 2.31. The molecule has 0 aliphatic carbocycles. The van der Waals surface area contributed by atoms with Crippen LogP contribution in [0.3, 0.4) is 0 Å². The molecule has 0 saturated carbocycles. The number of methoxy groups -OCH3 is 2. The average molecular weight is 382 g/mol. The SMILES string of the molecule is COc1ccc(C2(C)C=Cc3nnc(-c4ccc(Cl)cc4OC)n3C2)cc1. The lowest BCUT2D eigenvalue weighted by Gasteiger charge is -2.31. The van der Waals surface area contributed by atoms with Gasteiger partial charge in [-0.25, -0.2) is 0 Å². The van der Waals surface area contributed by atoms with Crippen LogP contribution >= 0.6 is 11.6 Å². The second-order valence-electron chi connectivity index (χ2n) is 6.79. The van der Waals surface area contributed by atoms with Crippen molar-refractivity contribution in [2.45, 2.75) is 18.9 Å². The third-order valence-electron chi connectivity index (χ3n) is 5.02. The molecule has 0 saturated heterocycles. The fourth-order valence-corrected chi connectivity index (χ4v) is 3.60. The number of fused-ring (bicyclic) bond motifs is 1. The fourth-order valence-electron chi connectivity index (χ4n) is 3.44. The molecule has 1 atom stereocenters. The molecule has 2 aromatic carbocycles. The minimum Gasteiger partial charge on any atom is -0.497 e. The summed E-state index contributed by atoms with van der Waals surface area (Å²) in [7, 11) is 3.30. The standard InChI is InChI=1S/C21H20ClN3O2/c1-21(14-4-7-16(26-2)8-5-14)11-10-19-23-24-20(25(19)13-21)17-9-6-15(22)12-18(17)27-3/h4-12H,13H2,1-3H3. The number of allylic oxidation sites excluding steroid dienone is 1. The Morgan fingerprint density at radius 2 is 1.81 bits per heavy atom. The van der Waals surface area contributed by atoms with Gasteiger partial charge in [0.1, 0.15) is 11.5 Å². The van der Waals surface area contributed by atoms with E-state index in [2.05, 4.69) is 39.9 Å². The maximum atomic E-state index is 6.11. The Kier molecular flexibility index (Phi) is 4.40. The Labute approximate surface area is 163 Å². The number of benzene rings is 2. The van der Waals surface area contributed by atoms with E-state index in [1.807, 2.05) is 30.3 Å². The van der Waals surface area contributed by atoms with E-state index in [1.54, 1.807) is 20.3 Å². The van der Waals surface area contributed by atoms with Crippen LogP contribution in [-0.2, 0) is 12.0 Å². The molecule has 0 radical (unpaired) electrons. The summed E-state index contributed by atoms with van der Waals surface area (Å²) in [5.41, 5.74) is 1.89. The Balaban J connectivity index is 1.75. The molecule has 1 aliphatic rings. The van der Waals surface area contributed by atoms with Crippen molar-refractivity contribution in [2.75, 3.05) is 14.2 Å². The third kappa shape index (κ3) is 3.08. The first-order chi connectivity index (χ1) is 13.0. The summed E-state index contributed by atoms with van der Waals surface area (Å²) in [4.78, 5) is 0. The fraction of sp³-hybridized carbons (Fsp3) is 0.238. The van der Waals surface area contributed by atoms with Crippen molar-refractivity contribution in [1.29, 1.82) is 0 Å². The van der Waals surface area contributed by atoms with E-state index < -0.39 is 0 Å². The largest absolute Gasteiger partial charge is 0.497 e. The Hall–Kier alpha value is -2.79. The zero-order valence-electron chi connectivity index (χ0n) is 15.4. The molecule has 1 aliphatic heterocycles. The molecule has 3 aromatic rings. The molecule has 6 heteroatoms. The quantitative estimate of drug-likeness (QED) is 0.662. The van der Waals surface area contributed by atoms with E-state index in [-0.39, 0.29) is 5.41 Å². The second kappa shape index (κ2) is 6.74. The summed E-state index contributed by atoms with van der Waals surface area (Å²) in [5.74, 6) is 3.12. The maximum absolute atomic E-state index is 6.11. The summed E-state index contributed by atoms with van der Waals surface area (Å²) in [5, 5.41) is 9.37. The molecule has 27 heavy (non-hydrogen) atoms. The lowest BCUT2D eigenvalue weighted by atomic mass is 9.80. The summed E-state index contributed by atoms with van der Waals surface area (Å²) >= 11 is 6.11. The van der Waals surface area contributed by atoms with Crippen LogP contribution in [0.15, 0.2) is 48.5 Å². The molecular weight excluding hydrogens is 362 g/mol. The van der Waals surface area contributed by atoms with Crippen molar-refractivity contribution in [2.24, 2.45) is 0 Å². The molecule has 138 valence electrons. The van der Waals surface area contributed by atoms with E-state index in [0.717, 1.165) is 29.5 Å². The molecule has 1 unspecified atom stereocenters. The second-order valence-corrected chi connectivity index (χ2v) is 7.23. The monoisotopic (exact) mass is 381 g/mol. The maximum Gasteiger partial charge on any atom is 0.168 e. The summed E-state index contributed by atoms with van der Waals surface area (Å²) in [6.07, 6.45) is 4.20. The van der Waals surface area contributed by atoms with Crippen molar-refractivity contribution in [1.82, 2.24) is 14.8 Å². The van der Waals surface area contributed by atoms with E-state index in [1.165, 1.54) is 5.56 Å². The summed E-state index contributed by atoms with van der Waals surface area (Å²) in [6.45, 7) is 2.93. The van der Waals surface area contributed by atoms with Gasteiger partial charge in [0, 0.05) is 17.0 Å². The van der Waals surface area contributed by atoms with Gasteiger partial charge in [-0.2, -0.15) is 0 Å². The zero-order chi connectivity index (χ0) is 19.0. The molecule has 0 amide bonds. The molecule has 0 fully saturated rings. The van der Waals surface area contributed by atoms with Crippen molar-refractivity contribution in [3.8, 4) is 22.9 Å². The Bertz CT molecular complexity index is 1010. The van der Waals surface area contributed by atoms with Gasteiger partial charge < -0.3 is 14.0 Å². The van der Waals surface area contributed by atoms with E-state index in [0.29, 0.717) is 10.8 Å². The number of rotatable bonds is 4. The predicted molar refractivity (Wildman–Crippen MR) is 106 cm³/mol. The van der Waals surface area contributed by atoms with E-state index >= 15 is 0 Å². The average Bonchev–Trinajstić information content (AvgIpc) is 3.10. The van der Waals surface area contributed by atoms with Crippen LogP contribution in [0.25, 0.3) is 17.5 Å². The summed E-state index contributed by atoms with van der Waals surface area (Å²) in [6, 6.07) is 13.7. The van der Waals surface area contributed by atoms with Gasteiger partial charge in [-0.3, -0.25) is 0 Å². The molecule has 1 aromatic heterocycles. The Morgan fingerprint density at radius 3 is 2.52 bits per heavy atom. The molecule has 0 bridgehead atoms. The van der Waals surface area contributed by atoms with Crippen LogP contribution in [0, 0.1) is 0 Å². The minimum absolute atomic E-state index is 0.184. The topological polar surface area (TPSA) is 49.2 Å². The van der Waals surface area contributed by atoms with Crippen molar-refractivity contribution in [3.63, 3.8) is 0 Å². The smallest absolute Gasteiger partial charge is 0.168 e. The van der Waals surface area contributed by atoms with Crippen molar-refractivity contribution >= 4 is 17.7 Å². The van der Waals surface area contributed by atoms with Crippen molar-refractivity contribution in [3.05, 3.63) is 65.0 Å². The number of halogens is 1. The number of hydrogen-bond acceptors (Lipinski definition) is 4. The van der Waals surface area contributed by atoms with Crippen LogP contribution in [0.2, 0.25) is 5.02 Å². The van der Waals surface area contributed by atoms with Crippen LogP contribution in [-0.4, -0.2) is 29.0 Å². The van der Waals surface area contributed by atoms with Gasteiger partial charge in [0.05, 0.1) is 19.8 Å². The lowest BCUT2D eigenvalue weighted by molar-refractivity contribution is 0.413. The summed E-state index contributed by atoms with van der Waals surface area (Å²) < 4.78 is 12.9. The number of aromatic nitrogens is 3. The molecule has 0 spiro atoms. The van der Waals surface area contributed by atoms with E-state index in [9.17, 15) is 0 Å². The van der Waals surface area contributed by atoms with Gasteiger partial charge in [0.2, 0.25) is 0 Å². The van der Waals surface area contributed by atoms with Crippen LogP contribution in [0.5, 0.6) is 11.5 Å². The van der Waals surface area contributed by atoms with Gasteiger partial charge in [0.15, 0.2) is 11.6 Å². The molecule has 5 nitrogen and oxygen atoms in total. The molecule has 0 N–H and O–H groups in total.